The summed E-state index contributed by atoms with van der Waals surface area (Å²) in [6.45, 7) is 14.3. The number of hydrogen-bond donors (Lipinski definition) is 13. The molecule has 8 heterocycles. The fourth-order valence-corrected chi connectivity index (χ4v) is 11.5. The molecule has 8 amide bonds. The molecule has 1 aromatic carbocycles. The summed E-state index contributed by atoms with van der Waals surface area (Å²) in [6.07, 6.45) is 9.59. The van der Waals surface area contributed by atoms with Crippen LogP contribution in [0, 0.1) is 17.2 Å². The van der Waals surface area contributed by atoms with Gasteiger partial charge in [-0.15, -0.1) is 26.1 Å². The van der Waals surface area contributed by atoms with Gasteiger partial charge in [-0.2, -0.15) is 24.9 Å². The lowest BCUT2D eigenvalue weighted by Crippen LogP contribution is -2.40. The molecule has 1 fully saturated rings. The fraction of sp³-hybridized carbons (Fsp3) is 0.605. The van der Waals surface area contributed by atoms with Crippen molar-refractivity contribution in [1.82, 2.24) is 156 Å². The standard InChI is InChI=1S/C11H16N2O3.C10H16N2O3.C9H15N3O3.C9H14N2O3.C8H17N7O.C8H15N3O2S.C7H15N7O.C7H14N4OS.C6H14N4O2S.C6H7N3O2/c1-12(2)4-5-13(3)9-6-8(14)7-10(15)11(9)16;1-11(2)4-5-12(3)8-6-15-7-9(13)10(8)14;1-11(2)4-5-12(3)6-7(13)9(15)10-8(6)14;1-10(2)4-5-11(3)6-7(12)9(14)8(6)13;1-14(2)4-5-15(3)8(16)9-6-7-10-12-13-11-7;1-10(2)4-5-11(3)7-6(12)9-8(13)14-7;1-13(2)4-5-14(3)7(15)8-6-9-11-12-10-6;1-10(2)4-5-11(3)6-8-7(13)12-9-6;1-9(2)4-5-10(3)6-7-12-13(11)8-6;1-3-4-9(2)5-7-6(10)11-8-5/h6-7,15H,4-5H2,1-3H3;6-7,13H,4-5H2,1-3H3;4-5H2,1-3H3,(H2,10,13,14,15);12H,4-5H2,1-3H3;4-6H2,1-3H3,(H,9,16)(H,10,11,12,13);7H,4-5H2,1-3H3,(H,9,12,13);4-5H2,1-3H3,(H2,8,9,10,11,12,15);4-5H2,1-3H3,(H,8,9,13);4-5H2,1-3H3,(H,7,8);1H,4H2,2H3,(H,7,8,10). The topological polar surface area (TPSA) is 652 Å². The minimum absolute atomic E-state index is 0.0434. The van der Waals surface area contributed by atoms with Gasteiger partial charge >= 0.3 is 33.9 Å². The van der Waals surface area contributed by atoms with Crippen LogP contribution in [0.4, 0.5) is 43.6 Å². The number of aromatic hydroxyl groups is 2. The van der Waals surface area contributed by atoms with E-state index in [1.807, 2.05) is 202 Å². The molecule has 2 atom stereocenters. The van der Waals surface area contributed by atoms with E-state index in [0.717, 1.165) is 103 Å². The van der Waals surface area contributed by atoms with Crippen molar-refractivity contribution in [3.8, 4) is 23.8 Å². The van der Waals surface area contributed by atoms with Crippen LogP contribution in [-0.4, -0.2) is 539 Å². The number of rotatable bonds is 38. The zero-order valence-corrected chi connectivity index (χ0v) is 88.5. The molecule has 58 nitrogen and oxygen atoms in total. The predicted octanol–water partition coefficient (Wildman–Crippen LogP) is -4.78. The van der Waals surface area contributed by atoms with Gasteiger partial charge < -0.3 is 123 Å². The molecule has 0 saturated carbocycles. The summed E-state index contributed by atoms with van der Waals surface area (Å²) in [5, 5.41) is 77.9. The number of aliphatic hydroxyl groups is 2. The van der Waals surface area contributed by atoms with Crippen LogP contribution < -0.4 is 68.4 Å². The van der Waals surface area contributed by atoms with Crippen LogP contribution in [-0.2, 0) is 46.1 Å². The molecule has 142 heavy (non-hydrogen) atoms. The molecule has 13 N–H and O–H groups in total. The summed E-state index contributed by atoms with van der Waals surface area (Å²) in [6, 6.07) is -0.398. The molecule has 61 heteroatoms. The van der Waals surface area contributed by atoms with Gasteiger partial charge in [-0.05, 0) is 168 Å². The van der Waals surface area contributed by atoms with Crippen molar-refractivity contribution in [2.45, 2.75) is 11.9 Å². The molecule has 0 bridgehead atoms. The van der Waals surface area contributed by atoms with E-state index < -0.39 is 68.2 Å². The Hall–Kier alpha value is -13.3. The minimum atomic E-state index is -1.57. The number of carbonyl (C=O) groups excluding carboxylic acids is 8. The quantitative estimate of drug-likeness (QED) is 0.00569. The summed E-state index contributed by atoms with van der Waals surface area (Å²) in [5.41, 5.74) is 1.51. The number of carbonyl (C=O) groups is 8. The van der Waals surface area contributed by atoms with Crippen LogP contribution >= 0.6 is 24.0 Å². The smallest absolute Gasteiger partial charge is 0.440 e. The highest BCUT2D eigenvalue weighted by Crippen LogP contribution is 2.22. The number of nitrogens with zero attached hydrogens (tertiary/aromatic N) is 28. The highest BCUT2D eigenvalue weighted by molar-refractivity contribution is 8.15. The number of aliphatic hydroxyl groups excluding tert-OH is 2. The van der Waals surface area contributed by atoms with Gasteiger partial charge in [0.25, 0.3) is 39.8 Å². The van der Waals surface area contributed by atoms with Gasteiger partial charge in [0.1, 0.15) is 29.3 Å². The number of guanidine groups is 1. The summed E-state index contributed by atoms with van der Waals surface area (Å²) in [7, 11) is 52.9. The van der Waals surface area contributed by atoms with Crippen molar-refractivity contribution in [2.24, 2.45) is 4.40 Å². The Morgan fingerprint density at radius 3 is 1.47 bits per heavy atom. The van der Waals surface area contributed by atoms with Gasteiger partial charge in [-0.25, -0.2) is 24.1 Å². The zero-order chi connectivity index (χ0) is 108. The van der Waals surface area contributed by atoms with E-state index in [1.54, 1.807) is 83.6 Å². The van der Waals surface area contributed by atoms with Crippen molar-refractivity contribution >= 4 is 117 Å². The molecule has 1 saturated heterocycles. The maximum atomic E-state index is 11.6. The van der Waals surface area contributed by atoms with Gasteiger partial charge in [-0.1, -0.05) is 16.2 Å². The molecule has 1 aliphatic carbocycles. The Kier molecular flexibility index (Phi) is 59.3. The number of thioether (sulfide) groups is 1. The number of nitrogens with one attached hydrogen (secondary N) is 9. The minimum Gasteiger partial charge on any atom is -0.504 e. The second-order valence-electron chi connectivity index (χ2n) is 33.8. The number of urea groups is 2. The Balaban J connectivity index is 0.000000790. The molecule has 3 aliphatic heterocycles. The lowest BCUT2D eigenvalue weighted by molar-refractivity contribution is -0.125. The second-order valence-corrected chi connectivity index (χ2v) is 36.0. The maximum absolute atomic E-state index is 11.6. The van der Waals surface area contributed by atoms with Gasteiger partial charge in [0.05, 0.1) is 18.8 Å². The average Bonchev–Trinajstić information content (AvgIpc) is 1.75. The predicted molar refractivity (Wildman–Crippen MR) is 539 cm³/mol. The van der Waals surface area contributed by atoms with E-state index >= 15 is 0 Å². The van der Waals surface area contributed by atoms with E-state index in [2.05, 4.69) is 112 Å². The molecule has 6 aromatic rings. The number of ketones is 2. The first-order valence-corrected chi connectivity index (χ1v) is 45.5. The normalized spacial score (nSPS) is 13.9. The number of likely N-dealkylation sites (N-methyl/N-ethyl adjacent to an activating group) is 18. The van der Waals surface area contributed by atoms with Gasteiger partial charge in [-0.3, -0.25) is 73.5 Å². The second kappa shape index (κ2) is 66.4. The number of aromatic nitrogens is 12. The summed E-state index contributed by atoms with van der Waals surface area (Å²) >= 11 is 4.22. The zero-order valence-electron chi connectivity index (χ0n) is 86.1. The first-order valence-electron chi connectivity index (χ1n) is 43.2. The number of anilines is 5. The molecular formula is C81H143N37O21S3. The first-order chi connectivity index (χ1) is 66.4. The molecule has 796 valence electrons. The van der Waals surface area contributed by atoms with Gasteiger partial charge in [0.2, 0.25) is 40.6 Å². The Bertz CT molecular complexity index is 5290. The number of hydrogen-bond acceptors (Lipinski definition) is 49. The van der Waals surface area contributed by atoms with Gasteiger partial charge in [0, 0.05) is 193 Å². The summed E-state index contributed by atoms with van der Waals surface area (Å²) in [5.74, 6) is -0.0959. The number of aromatic amines is 4. The number of tetrazole rings is 2. The van der Waals surface area contributed by atoms with Crippen LogP contribution in [0.5, 0.6) is 11.5 Å². The van der Waals surface area contributed by atoms with Gasteiger partial charge in [0.15, 0.2) is 28.8 Å². The van der Waals surface area contributed by atoms with Crippen LogP contribution in [0.15, 0.2) is 84.6 Å². The van der Waals surface area contributed by atoms with Crippen LogP contribution in [0.2, 0.25) is 0 Å². The number of terminal acetylenes is 1. The Morgan fingerprint density at radius 2 is 1.03 bits per heavy atom. The highest BCUT2D eigenvalue weighted by atomic mass is 32.2. The van der Waals surface area contributed by atoms with E-state index in [4.69, 9.17) is 32.7 Å². The number of hydroxylamine groups is 1. The third kappa shape index (κ3) is 50.7. The van der Waals surface area contributed by atoms with Crippen molar-refractivity contribution in [1.29, 1.82) is 0 Å². The number of imide groups is 2. The van der Waals surface area contributed by atoms with E-state index in [-0.39, 0.29) is 74.5 Å². The Labute approximate surface area is 836 Å². The molecule has 4 aliphatic rings. The molecule has 0 spiro atoms. The summed E-state index contributed by atoms with van der Waals surface area (Å²) < 4.78 is 32.9. The fourth-order valence-electron chi connectivity index (χ4n) is 10.1. The molecule has 5 aromatic heterocycles. The van der Waals surface area contributed by atoms with Crippen molar-refractivity contribution in [3.05, 3.63) is 99.5 Å². The molecule has 10 rings (SSSR count). The number of Topliss-reactive ketones (excluding diaryl/α,β-unsaturated/α-hetero) is 1. The lowest BCUT2D eigenvalue weighted by Gasteiger charge is -2.24. The van der Waals surface area contributed by atoms with Crippen LogP contribution in [0.3, 0.4) is 0 Å². The average molecular weight is 2070 g/mol. The number of H-pyrrole nitrogens is 4. The monoisotopic (exact) mass is 2070 g/mol. The van der Waals surface area contributed by atoms with E-state index in [9.17, 15) is 77.1 Å². The van der Waals surface area contributed by atoms with E-state index in [1.165, 1.54) is 12.3 Å². The summed E-state index contributed by atoms with van der Waals surface area (Å²) in [4.78, 5) is 176. The SMILES string of the molecule is C#CCN(C)c1noc(=O)[nH]1.CN(C)CCN(C)C(=O)NCc1nn[nH]n1.CN(C)CCN(C)C(=O)Nc1nn[nH]n1.CN(C)CCN(C)C1=C(O)C(=O)NC1=O.CN(C)CCN(C)C1=CC(=O)C=C(O)C1=O.CN(C)CCN(C)C1=NS(=O)ON1.CN(C)CCN(C)C1SC(=O)NC1=O.CN(C)CCN(C)c1c(O)c(=O)c1=O.CN(C)CCN(C)c1cocc(O)c1=O.CN(C)CCN(C)c1nc(=S)o[nH]1. The van der Waals surface area contributed by atoms with Crippen molar-refractivity contribution in [3.63, 3.8) is 0 Å². The van der Waals surface area contributed by atoms with Crippen LogP contribution in [0.1, 0.15) is 5.82 Å². The van der Waals surface area contributed by atoms with Crippen LogP contribution in [0.25, 0.3) is 0 Å². The van der Waals surface area contributed by atoms with Crippen molar-refractivity contribution < 1.29 is 80.7 Å². The lowest BCUT2D eigenvalue weighted by atomic mass is 10.1. The number of amides is 8. The first kappa shape index (κ1) is 127. The number of allylic oxidation sites excluding steroid dienone is 2. The maximum Gasteiger partial charge on any atom is 0.440 e. The third-order valence-electron chi connectivity index (χ3n) is 18.9. The van der Waals surface area contributed by atoms with E-state index in [0.29, 0.717) is 75.2 Å². The molecule has 2 unspecified atom stereocenters. The Morgan fingerprint density at radius 1 is 0.535 bits per heavy atom. The largest absolute Gasteiger partial charge is 0.504 e. The van der Waals surface area contributed by atoms with Crippen molar-refractivity contribution in [2.75, 3.05) is 347 Å². The third-order valence-corrected chi connectivity index (χ3v) is 20.7. The molecular weight excluding hydrogens is 1920 g/mol. The highest BCUT2D eigenvalue weighted by Gasteiger charge is 2.35. The molecule has 0 radical (unpaired) electrons.